The van der Waals surface area contributed by atoms with E-state index >= 15 is 0 Å². The lowest BCUT2D eigenvalue weighted by Gasteiger charge is -2.31. The molecular weight excluding hydrogens is 280 g/mol. The number of carbonyl (C=O) groups is 2. The van der Waals surface area contributed by atoms with Gasteiger partial charge in [0.25, 0.3) is 0 Å². The number of rotatable bonds is 4. The second kappa shape index (κ2) is 7.29. The molecule has 1 atom stereocenters. The molecule has 0 saturated carbocycles. The predicted molar refractivity (Wildman–Crippen MR) is 86.0 cm³/mol. The SMILES string of the molecule is COC(=O)c1c(C)cccc1NCC(=O)N1CCC[C@H](C)C1. The van der Waals surface area contributed by atoms with Crippen molar-refractivity contribution in [3.05, 3.63) is 29.3 Å². The highest BCUT2D eigenvalue weighted by molar-refractivity contribution is 5.97. The van der Waals surface area contributed by atoms with Crippen molar-refractivity contribution in [1.29, 1.82) is 0 Å². The van der Waals surface area contributed by atoms with Crippen LogP contribution in [0.3, 0.4) is 0 Å². The van der Waals surface area contributed by atoms with Crippen molar-refractivity contribution in [3.63, 3.8) is 0 Å². The smallest absolute Gasteiger partial charge is 0.340 e. The van der Waals surface area contributed by atoms with E-state index in [-0.39, 0.29) is 18.4 Å². The molecule has 5 heteroatoms. The Balaban J connectivity index is 2.03. The first-order valence-corrected chi connectivity index (χ1v) is 7.72. The summed E-state index contributed by atoms with van der Waals surface area (Å²) in [7, 11) is 1.36. The van der Waals surface area contributed by atoms with Crippen LogP contribution in [-0.4, -0.2) is 43.5 Å². The van der Waals surface area contributed by atoms with E-state index in [0.717, 1.165) is 25.1 Å². The van der Waals surface area contributed by atoms with Gasteiger partial charge < -0.3 is 15.0 Å². The summed E-state index contributed by atoms with van der Waals surface area (Å²) >= 11 is 0. The zero-order valence-electron chi connectivity index (χ0n) is 13.5. The molecule has 0 bridgehead atoms. The fourth-order valence-electron chi connectivity index (χ4n) is 2.89. The molecular formula is C17H24N2O3. The number of likely N-dealkylation sites (tertiary alicyclic amines) is 1. The number of hydrogen-bond donors (Lipinski definition) is 1. The molecule has 1 N–H and O–H groups in total. The van der Waals surface area contributed by atoms with E-state index in [1.54, 1.807) is 6.07 Å². The Morgan fingerprint density at radius 3 is 2.86 bits per heavy atom. The lowest BCUT2D eigenvalue weighted by Crippen LogP contribution is -2.42. The zero-order chi connectivity index (χ0) is 16.1. The van der Waals surface area contributed by atoms with Crippen molar-refractivity contribution in [2.24, 2.45) is 5.92 Å². The number of aryl methyl sites for hydroxylation is 1. The van der Waals surface area contributed by atoms with Gasteiger partial charge in [-0.3, -0.25) is 4.79 Å². The first-order valence-electron chi connectivity index (χ1n) is 7.72. The highest BCUT2D eigenvalue weighted by atomic mass is 16.5. The largest absolute Gasteiger partial charge is 0.465 e. The van der Waals surface area contributed by atoms with Gasteiger partial charge in [0.1, 0.15) is 0 Å². The summed E-state index contributed by atoms with van der Waals surface area (Å²) in [6, 6.07) is 5.51. The monoisotopic (exact) mass is 304 g/mol. The van der Waals surface area contributed by atoms with Crippen molar-refractivity contribution in [2.45, 2.75) is 26.7 Å². The molecule has 5 nitrogen and oxygen atoms in total. The summed E-state index contributed by atoms with van der Waals surface area (Å²) in [5.41, 5.74) is 1.96. The third-order valence-electron chi connectivity index (χ3n) is 4.10. The summed E-state index contributed by atoms with van der Waals surface area (Å²) in [5.74, 6) is 0.241. The zero-order valence-corrected chi connectivity index (χ0v) is 13.5. The number of benzene rings is 1. The fraction of sp³-hybridized carbons (Fsp3) is 0.529. The number of ether oxygens (including phenoxy) is 1. The minimum absolute atomic E-state index is 0.0730. The molecule has 1 heterocycles. The molecule has 1 aromatic rings. The number of amides is 1. The van der Waals surface area contributed by atoms with E-state index in [1.807, 2.05) is 24.0 Å². The Hall–Kier alpha value is -2.04. The van der Waals surface area contributed by atoms with Crippen LogP contribution in [0.15, 0.2) is 18.2 Å². The van der Waals surface area contributed by atoms with Crippen molar-refractivity contribution in [1.82, 2.24) is 4.90 Å². The molecule has 22 heavy (non-hydrogen) atoms. The number of anilines is 1. The molecule has 120 valence electrons. The van der Waals surface area contributed by atoms with Gasteiger partial charge in [-0.2, -0.15) is 0 Å². The van der Waals surface area contributed by atoms with Gasteiger partial charge in [-0.05, 0) is 37.3 Å². The number of hydrogen-bond acceptors (Lipinski definition) is 4. The first-order chi connectivity index (χ1) is 10.5. The molecule has 0 unspecified atom stereocenters. The minimum Gasteiger partial charge on any atom is -0.465 e. The second-order valence-corrected chi connectivity index (χ2v) is 5.93. The standard InChI is InChI=1S/C17H24N2O3/c1-12-6-5-9-19(11-12)15(20)10-18-14-8-4-7-13(2)16(14)17(21)22-3/h4,7-8,12,18H,5-6,9-11H2,1-3H3/t12-/m0/s1. The van der Waals surface area contributed by atoms with Gasteiger partial charge in [0, 0.05) is 18.8 Å². The van der Waals surface area contributed by atoms with Crippen LogP contribution >= 0.6 is 0 Å². The maximum Gasteiger partial charge on any atom is 0.340 e. The third-order valence-corrected chi connectivity index (χ3v) is 4.10. The number of carbonyl (C=O) groups excluding carboxylic acids is 2. The van der Waals surface area contributed by atoms with Gasteiger partial charge in [0.05, 0.1) is 19.2 Å². The van der Waals surface area contributed by atoms with Crippen molar-refractivity contribution in [2.75, 3.05) is 32.1 Å². The van der Waals surface area contributed by atoms with Crippen LogP contribution < -0.4 is 5.32 Å². The van der Waals surface area contributed by atoms with Crippen LogP contribution in [0.4, 0.5) is 5.69 Å². The molecule has 1 aromatic carbocycles. The quantitative estimate of drug-likeness (QED) is 0.868. The van der Waals surface area contributed by atoms with E-state index in [0.29, 0.717) is 17.2 Å². The van der Waals surface area contributed by atoms with Crippen LogP contribution in [0.1, 0.15) is 35.7 Å². The molecule has 2 rings (SSSR count). The minimum atomic E-state index is -0.389. The van der Waals surface area contributed by atoms with E-state index in [1.165, 1.54) is 13.5 Å². The van der Waals surface area contributed by atoms with Crippen LogP contribution in [0.25, 0.3) is 0 Å². The molecule has 1 aliphatic heterocycles. The molecule has 0 radical (unpaired) electrons. The van der Waals surface area contributed by atoms with Gasteiger partial charge in [-0.1, -0.05) is 19.1 Å². The molecule has 1 saturated heterocycles. The fourth-order valence-corrected chi connectivity index (χ4v) is 2.89. The molecule has 0 aromatic heterocycles. The third kappa shape index (κ3) is 3.78. The van der Waals surface area contributed by atoms with Gasteiger partial charge in [-0.25, -0.2) is 4.79 Å². The molecule has 0 aliphatic carbocycles. The molecule has 0 spiro atoms. The summed E-state index contributed by atoms with van der Waals surface area (Å²) in [4.78, 5) is 26.1. The second-order valence-electron chi connectivity index (χ2n) is 5.93. The van der Waals surface area contributed by atoms with Gasteiger partial charge in [0.2, 0.25) is 5.91 Å². The molecule has 1 amide bonds. The average molecular weight is 304 g/mol. The van der Waals surface area contributed by atoms with Crippen molar-refractivity contribution >= 4 is 17.6 Å². The maximum absolute atomic E-state index is 12.3. The Labute approximate surface area is 131 Å². The van der Waals surface area contributed by atoms with E-state index < -0.39 is 0 Å². The number of methoxy groups -OCH3 is 1. The van der Waals surface area contributed by atoms with Gasteiger partial charge in [-0.15, -0.1) is 0 Å². The number of nitrogens with zero attached hydrogens (tertiary/aromatic N) is 1. The summed E-state index contributed by atoms with van der Waals surface area (Å²) < 4.78 is 4.82. The number of esters is 1. The van der Waals surface area contributed by atoms with Crippen LogP contribution in [0.5, 0.6) is 0 Å². The average Bonchev–Trinajstić information content (AvgIpc) is 2.52. The number of piperidine rings is 1. The van der Waals surface area contributed by atoms with E-state index in [4.69, 9.17) is 4.74 Å². The van der Waals surface area contributed by atoms with Crippen LogP contribution in [0.2, 0.25) is 0 Å². The van der Waals surface area contributed by atoms with Crippen LogP contribution in [-0.2, 0) is 9.53 Å². The summed E-state index contributed by atoms with van der Waals surface area (Å²) in [5, 5.41) is 3.09. The summed E-state index contributed by atoms with van der Waals surface area (Å²) in [6.07, 6.45) is 2.24. The van der Waals surface area contributed by atoms with Gasteiger partial charge in [0.15, 0.2) is 0 Å². The van der Waals surface area contributed by atoms with Crippen LogP contribution in [0, 0.1) is 12.8 Å². The van der Waals surface area contributed by atoms with E-state index in [2.05, 4.69) is 12.2 Å². The highest BCUT2D eigenvalue weighted by Crippen LogP contribution is 2.21. The maximum atomic E-state index is 12.3. The van der Waals surface area contributed by atoms with Crippen molar-refractivity contribution in [3.8, 4) is 0 Å². The van der Waals surface area contributed by atoms with Crippen molar-refractivity contribution < 1.29 is 14.3 Å². The Morgan fingerprint density at radius 1 is 1.41 bits per heavy atom. The lowest BCUT2D eigenvalue weighted by atomic mass is 10.0. The Bertz CT molecular complexity index is 557. The Morgan fingerprint density at radius 2 is 2.18 bits per heavy atom. The summed E-state index contributed by atoms with van der Waals surface area (Å²) in [6.45, 7) is 5.86. The van der Waals surface area contributed by atoms with E-state index in [9.17, 15) is 9.59 Å². The molecule has 1 fully saturated rings. The highest BCUT2D eigenvalue weighted by Gasteiger charge is 2.21. The number of nitrogens with one attached hydrogen (secondary N) is 1. The predicted octanol–water partition coefficient (Wildman–Crippen LogP) is 2.45. The lowest BCUT2D eigenvalue weighted by molar-refractivity contribution is -0.130. The normalized spacial score (nSPS) is 18.0. The first kappa shape index (κ1) is 16.3. The molecule has 1 aliphatic rings. The van der Waals surface area contributed by atoms with Gasteiger partial charge >= 0.3 is 5.97 Å². The Kier molecular flexibility index (Phi) is 5.41. The topological polar surface area (TPSA) is 58.6 Å².